The number of benzene rings is 1. The fraction of sp³-hybridized carbons (Fsp3) is 0.609. The molecular formula is C23H35N5O2. The number of hydrogen-bond donors (Lipinski definition) is 1. The van der Waals surface area contributed by atoms with Crippen LogP contribution in [0.5, 0.6) is 0 Å². The highest BCUT2D eigenvalue weighted by Crippen LogP contribution is 2.19. The molecule has 164 valence electrons. The average Bonchev–Trinajstić information content (AvgIpc) is 3.19. The first kappa shape index (κ1) is 22.4. The van der Waals surface area contributed by atoms with Crippen molar-refractivity contribution in [2.24, 2.45) is 0 Å². The summed E-state index contributed by atoms with van der Waals surface area (Å²) in [7, 11) is 2.15. The number of carbonyl (C=O) groups is 1. The molecule has 0 radical (unpaired) electrons. The zero-order chi connectivity index (χ0) is 21.6. The topological polar surface area (TPSA) is 74.5 Å². The fourth-order valence-corrected chi connectivity index (χ4v) is 3.54. The molecule has 7 nitrogen and oxygen atoms in total. The smallest absolute Gasteiger partial charge is 0.226 e. The van der Waals surface area contributed by atoms with Crippen molar-refractivity contribution in [3.8, 4) is 0 Å². The Morgan fingerprint density at radius 3 is 2.50 bits per heavy atom. The van der Waals surface area contributed by atoms with Crippen LogP contribution in [0.1, 0.15) is 56.9 Å². The van der Waals surface area contributed by atoms with Gasteiger partial charge in [0.15, 0.2) is 5.82 Å². The Bertz CT molecular complexity index is 791. The zero-order valence-electron chi connectivity index (χ0n) is 18.7. The van der Waals surface area contributed by atoms with Gasteiger partial charge in [-0.2, -0.15) is 4.98 Å². The molecule has 30 heavy (non-hydrogen) atoms. The summed E-state index contributed by atoms with van der Waals surface area (Å²) in [6, 6.07) is 10.2. The summed E-state index contributed by atoms with van der Waals surface area (Å²) in [6.45, 7) is 11.2. The van der Waals surface area contributed by atoms with Gasteiger partial charge in [-0.3, -0.25) is 9.69 Å². The maximum atomic E-state index is 12.7. The quantitative estimate of drug-likeness (QED) is 0.717. The number of nitrogens with zero attached hydrogens (tertiary/aromatic N) is 4. The average molecular weight is 414 g/mol. The molecule has 0 aliphatic carbocycles. The molecule has 2 aromatic rings. The van der Waals surface area contributed by atoms with Crippen molar-refractivity contribution in [3.63, 3.8) is 0 Å². The summed E-state index contributed by atoms with van der Waals surface area (Å²) in [6.07, 6.45) is 1.75. The number of nitrogens with one attached hydrogen (secondary N) is 1. The van der Waals surface area contributed by atoms with E-state index in [4.69, 9.17) is 4.52 Å². The molecule has 0 bridgehead atoms. The van der Waals surface area contributed by atoms with Gasteiger partial charge < -0.3 is 14.7 Å². The van der Waals surface area contributed by atoms with Crippen molar-refractivity contribution in [1.82, 2.24) is 25.3 Å². The van der Waals surface area contributed by atoms with E-state index in [9.17, 15) is 4.79 Å². The third-order valence-electron chi connectivity index (χ3n) is 5.51. The van der Waals surface area contributed by atoms with Gasteiger partial charge in [0.1, 0.15) is 0 Å². The third-order valence-corrected chi connectivity index (χ3v) is 5.51. The molecule has 1 aromatic carbocycles. The van der Waals surface area contributed by atoms with Gasteiger partial charge in [-0.05, 0) is 19.0 Å². The van der Waals surface area contributed by atoms with Gasteiger partial charge in [0.2, 0.25) is 11.8 Å². The lowest BCUT2D eigenvalue weighted by molar-refractivity contribution is -0.122. The van der Waals surface area contributed by atoms with E-state index in [1.54, 1.807) is 0 Å². The van der Waals surface area contributed by atoms with E-state index >= 15 is 0 Å². The van der Waals surface area contributed by atoms with E-state index in [0.717, 1.165) is 38.3 Å². The molecule has 3 rings (SSSR count). The van der Waals surface area contributed by atoms with Crippen molar-refractivity contribution in [3.05, 3.63) is 47.6 Å². The number of amides is 1. The second kappa shape index (κ2) is 10.2. The molecule has 7 heteroatoms. The van der Waals surface area contributed by atoms with Gasteiger partial charge >= 0.3 is 0 Å². The lowest BCUT2D eigenvalue weighted by atomic mass is 9.96. The molecule has 1 aliphatic rings. The lowest BCUT2D eigenvalue weighted by Gasteiger charge is -2.35. The van der Waals surface area contributed by atoms with E-state index in [0.29, 0.717) is 31.0 Å². The van der Waals surface area contributed by atoms with Crippen LogP contribution in [0.2, 0.25) is 0 Å². The Morgan fingerprint density at radius 2 is 1.87 bits per heavy atom. The predicted octanol–water partition coefficient (Wildman–Crippen LogP) is 2.79. The number of rotatable bonds is 8. The largest absolute Gasteiger partial charge is 0.348 e. The third kappa shape index (κ3) is 6.64. The van der Waals surface area contributed by atoms with E-state index in [2.05, 4.69) is 65.2 Å². The van der Waals surface area contributed by atoms with Gasteiger partial charge in [-0.15, -0.1) is 0 Å². The first-order chi connectivity index (χ1) is 14.3. The minimum atomic E-state index is -0.134. The molecular weight excluding hydrogens is 378 g/mol. The Labute approximate surface area is 179 Å². The van der Waals surface area contributed by atoms with E-state index in [-0.39, 0.29) is 17.4 Å². The molecule has 1 aliphatic heterocycles. The van der Waals surface area contributed by atoms with Crippen molar-refractivity contribution in [2.45, 2.75) is 51.5 Å². The Hall–Kier alpha value is -2.25. The van der Waals surface area contributed by atoms with Crippen molar-refractivity contribution < 1.29 is 9.32 Å². The second-order valence-corrected chi connectivity index (χ2v) is 9.25. The Kier molecular flexibility index (Phi) is 7.61. The van der Waals surface area contributed by atoms with Crippen LogP contribution in [0.4, 0.5) is 0 Å². The number of likely N-dealkylation sites (N-methyl/N-ethyl adjacent to an activating group) is 1. The minimum absolute atomic E-state index is 0.00185. The normalized spacial score (nSPS) is 17.1. The van der Waals surface area contributed by atoms with Gasteiger partial charge in [-0.1, -0.05) is 56.3 Å². The van der Waals surface area contributed by atoms with Crippen molar-refractivity contribution in [1.29, 1.82) is 0 Å². The Morgan fingerprint density at radius 1 is 1.17 bits per heavy atom. The van der Waals surface area contributed by atoms with Crippen LogP contribution in [-0.2, 0) is 16.6 Å². The first-order valence-electron chi connectivity index (χ1n) is 10.9. The maximum Gasteiger partial charge on any atom is 0.226 e. The van der Waals surface area contributed by atoms with Crippen molar-refractivity contribution >= 4 is 5.91 Å². The van der Waals surface area contributed by atoms with Crippen molar-refractivity contribution in [2.75, 3.05) is 39.8 Å². The molecule has 1 unspecified atom stereocenters. The molecule has 2 heterocycles. The molecule has 1 atom stereocenters. The summed E-state index contributed by atoms with van der Waals surface area (Å²) in [5.41, 5.74) is 1.02. The van der Waals surface area contributed by atoms with Crippen LogP contribution in [0, 0.1) is 0 Å². The summed E-state index contributed by atoms with van der Waals surface area (Å²) < 4.78 is 5.33. The lowest BCUT2D eigenvalue weighted by Crippen LogP contribution is -2.47. The molecule has 1 fully saturated rings. The van der Waals surface area contributed by atoms with E-state index < -0.39 is 0 Å². The summed E-state index contributed by atoms with van der Waals surface area (Å²) >= 11 is 0. The molecule has 1 saturated heterocycles. The molecule has 0 spiro atoms. The second-order valence-electron chi connectivity index (χ2n) is 9.25. The highest BCUT2D eigenvalue weighted by Gasteiger charge is 2.22. The molecule has 1 amide bonds. The van der Waals surface area contributed by atoms with E-state index in [1.807, 2.05) is 18.2 Å². The molecule has 1 N–H and O–H groups in total. The SMILES string of the molecule is CN1CCN(CC(NC(=O)CCCc2nc(C(C)(C)C)no2)c2ccccc2)CC1. The summed E-state index contributed by atoms with van der Waals surface area (Å²) in [4.78, 5) is 21.9. The van der Waals surface area contributed by atoms with Gasteiger partial charge in [0.25, 0.3) is 0 Å². The summed E-state index contributed by atoms with van der Waals surface area (Å²) in [5, 5.41) is 7.29. The van der Waals surface area contributed by atoms with Gasteiger partial charge in [0, 0.05) is 51.0 Å². The minimum Gasteiger partial charge on any atom is -0.348 e. The summed E-state index contributed by atoms with van der Waals surface area (Å²) in [5.74, 6) is 1.37. The monoisotopic (exact) mass is 413 g/mol. The fourth-order valence-electron chi connectivity index (χ4n) is 3.54. The highest BCUT2D eigenvalue weighted by molar-refractivity contribution is 5.76. The zero-order valence-corrected chi connectivity index (χ0v) is 18.7. The number of hydrogen-bond acceptors (Lipinski definition) is 6. The Balaban J connectivity index is 1.52. The first-order valence-corrected chi connectivity index (χ1v) is 10.9. The highest BCUT2D eigenvalue weighted by atomic mass is 16.5. The molecule has 0 saturated carbocycles. The maximum absolute atomic E-state index is 12.7. The predicted molar refractivity (Wildman–Crippen MR) is 117 cm³/mol. The van der Waals surface area contributed by atoms with Crippen LogP contribution in [0.25, 0.3) is 0 Å². The van der Waals surface area contributed by atoms with Crippen LogP contribution in [0.15, 0.2) is 34.9 Å². The van der Waals surface area contributed by atoms with Gasteiger partial charge in [0.05, 0.1) is 6.04 Å². The number of aryl methyl sites for hydroxylation is 1. The molecule has 1 aromatic heterocycles. The van der Waals surface area contributed by atoms with Crippen LogP contribution in [0.3, 0.4) is 0 Å². The number of aromatic nitrogens is 2. The van der Waals surface area contributed by atoms with Crippen LogP contribution >= 0.6 is 0 Å². The number of carbonyl (C=O) groups excluding carboxylic acids is 1. The standard InChI is InChI=1S/C23H35N5O2/c1-23(2,3)22-25-21(30-26-22)12-8-11-20(29)24-19(18-9-6-5-7-10-18)17-28-15-13-27(4)14-16-28/h5-7,9-10,19H,8,11-17H2,1-4H3,(H,24,29). The van der Waals surface area contributed by atoms with Crippen LogP contribution < -0.4 is 5.32 Å². The van der Waals surface area contributed by atoms with E-state index in [1.165, 1.54) is 0 Å². The van der Waals surface area contributed by atoms with Gasteiger partial charge in [-0.25, -0.2) is 0 Å². The van der Waals surface area contributed by atoms with Crippen LogP contribution in [-0.4, -0.2) is 65.6 Å². The number of piperazine rings is 1.